The molecular formula is C22H24FN5O2. The Morgan fingerprint density at radius 3 is 2.70 bits per heavy atom. The van der Waals surface area contributed by atoms with Crippen molar-refractivity contribution < 1.29 is 13.9 Å². The van der Waals surface area contributed by atoms with Gasteiger partial charge in [-0.2, -0.15) is 5.10 Å². The average Bonchev–Trinajstić information content (AvgIpc) is 3.10. The van der Waals surface area contributed by atoms with Crippen molar-refractivity contribution in [3.63, 3.8) is 0 Å². The highest BCUT2D eigenvalue weighted by atomic mass is 19.1. The number of guanidine groups is 1. The van der Waals surface area contributed by atoms with E-state index in [0.717, 1.165) is 41.4 Å². The molecule has 2 aromatic carbocycles. The summed E-state index contributed by atoms with van der Waals surface area (Å²) in [5, 5.41) is 11.1. The predicted molar refractivity (Wildman–Crippen MR) is 114 cm³/mol. The molecule has 2 N–H and O–H groups in total. The lowest BCUT2D eigenvalue weighted by Gasteiger charge is -2.13. The Kier molecular flexibility index (Phi) is 6.12. The van der Waals surface area contributed by atoms with Crippen LogP contribution in [0.1, 0.15) is 12.1 Å². The lowest BCUT2D eigenvalue weighted by atomic mass is 10.2. The number of rotatable bonds is 5. The van der Waals surface area contributed by atoms with Crippen LogP contribution in [-0.2, 0) is 6.42 Å². The number of nitrogens with one attached hydrogen (secondary N) is 2. The number of nitrogens with zero attached hydrogens (tertiary/aromatic N) is 3. The number of halogens is 1. The molecule has 1 aliphatic heterocycles. The normalized spacial score (nSPS) is 13.6. The van der Waals surface area contributed by atoms with E-state index in [9.17, 15) is 4.39 Å². The number of fused-ring (bicyclic) bond motifs is 1. The van der Waals surface area contributed by atoms with Crippen molar-refractivity contribution in [2.45, 2.75) is 12.8 Å². The SMILES string of the molecule is CN=C(NCCc1ccn(-c2ccc(F)cc2)n1)Nc1ccc2c(c1)OCCCO2. The minimum Gasteiger partial charge on any atom is -0.490 e. The van der Waals surface area contributed by atoms with Gasteiger partial charge in [-0.1, -0.05) is 0 Å². The van der Waals surface area contributed by atoms with Crippen LogP contribution in [0.3, 0.4) is 0 Å². The molecule has 0 radical (unpaired) electrons. The molecule has 156 valence electrons. The first-order valence-corrected chi connectivity index (χ1v) is 9.89. The van der Waals surface area contributed by atoms with Gasteiger partial charge in [0.2, 0.25) is 0 Å². The van der Waals surface area contributed by atoms with E-state index in [4.69, 9.17) is 9.47 Å². The quantitative estimate of drug-likeness (QED) is 0.499. The van der Waals surface area contributed by atoms with Gasteiger partial charge < -0.3 is 20.1 Å². The predicted octanol–water partition coefficient (Wildman–Crippen LogP) is 3.40. The zero-order valence-corrected chi connectivity index (χ0v) is 16.8. The summed E-state index contributed by atoms with van der Waals surface area (Å²) in [5.41, 5.74) is 2.62. The third kappa shape index (κ3) is 4.89. The van der Waals surface area contributed by atoms with E-state index in [-0.39, 0.29) is 5.82 Å². The highest BCUT2D eigenvalue weighted by molar-refractivity contribution is 5.93. The first-order chi connectivity index (χ1) is 14.7. The van der Waals surface area contributed by atoms with E-state index in [1.54, 1.807) is 23.9 Å². The molecule has 2 heterocycles. The van der Waals surface area contributed by atoms with Crippen molar-refractivity contribution in [1.29, 1.82) is 0 Å². The van der Waals surface area contributed by atoms with Gasteiger partial charge in [0.1, 0.15) is 5.82 Å². The van der Waals surface area contributed by atoms with Gasteiger partial charge in [0.15, 0.2) is 17.5 Å². The smallest absolute Gasteiger partial charge is 0.195 e. The number of benzene rings is 2. The van der Waals surface area contributed by atoms with Crippen molar-refractivity contribution in [3.05, 3.63) is 66.2 Å². The van der Waals surface area contributed by atoms with Crippen LogP contribution in [0.25, 0.3) is 5.69 Å². The summed E-state index contributed by atoms with van der Waals surface area (Å²) in [7, 11) is 1.72. The van der Waals surface area contributed by atoms with Crippen LogP contribution in [0.2, 0.25) is 0 Å². The topological polar surface area (TPSA) is 72.7 Å². The molecule has 0 atom stereocenters. The minimum atomic E-state index is -0.261. The van der Waals surface area contributed by atoms with E-state index in [0.29, 0.717) is 25.7 Å². The van der Waals surface area contributed by atoms with Crippen molar-refractivity contribution >= 4 is 11.6 Å². The van der Waals surface area contributed by atoms with Crippen molar-refractivity contribution in [2.75, 3.05) is 32.1 Å². The van der Waals surface area contributed by atoms with Crippen LogP contribution < -0.4 is 20.1 Å². The molecule has 0 saturated heterocycles. The Morgan fingerprint density at radius 1 is 1.10 bits per heavy atom. The molecule has 0 saturated carbocycles. The van der Waals surface area contributed by atoms with Gasteiger partial charge in [0.05, 0.1) is 24.6 Å². The molecule has 0 bridgehead atoms. The third-order valence-electron chi connectivity index (χ3n) is 4.64. The molecular weight excluding hydrogens is 385 g/mol. The van der Waals surface area contributed by atoms with E-state index >= 15 is 0 Å². The number of anilines is 1. The maximum absolute atomic E-state index is 13.1. The second-order valence-electron chi connectivity index (χ2n) is 6.81. The fourth-order valence-electron chi connectivity index (χ4n) is 3.10. The Morgan fingerprint density at radius 2 is 1.90 bits per heavy atom. The molecule has 30 heavy (non-hydrogen) atoms. The van der Waals surface area contributed by atoms with Crippen LogP contribution in [0.5, 0.6) is 11.5 Å². The molecule has 0 spiro atoms. The number of aromatic nitrogens is 2. The van der Waals surface area contributed by atoms with E-state index in [2.05, 4.69) is 20.7 Å². The molecule has 1 aromatic heterocycles. The van der Waals surface area contributed by atoms with Crippen LogP contribution in [0.4, 0.5) is 10.1 Å². The second kappa shape index (κ2) is 9.30. The first-order valence-electron chi connectivity index (χ1n) is 9.89. The summed E-state index contributed by atoms with van der Waals surface area (Å²) in [4.78, 5) is 4.27. The highest BCUT2D eigenvalue weighted by Gasteiger charge is 2.11. The summed E-state index contributed by atoms with van der Waals surface area (Å²) >= 11 is 0. The van der Waals surface area contributed by atoms with Crippen molar-refractivity contribution in [1.82, 2.24) is 15.1 Å². The molecule has 0 amide bonds. The van der Waals surface area contributed by atoms with Crippen LogP contribution >= 0.6 is 0 Å². The summed E-state index contributed by atoms with van der Waals surface area (Å²) in [6.45, 7) is 1.97. The van der Waals surface area contributed by atoms with Gasteiger partial charge >= 0.3 is 0 Å². The average molecular weight is 409 g/mol. The molecule has 4 rings (SSSR count). The van der Waals surface area contributed by atoms with Gasteiger partial charge in [-0.25, -0.2) is 9.07 Å². The molecule has 1 aliphatic rings. The largest absolute Gasteiger partial charge is 0.490 e. The number of ether oxygens (including phenoxy) is 2. The fraction of sp³-hybridized carbons (Fsp3) is 0.273. The Bertz CT molecular complexity index is 1020. The first kappa shape index (κ1) is 19.8. The zero-order chi connectivity index (χ0) is 20.8. The van der Waals surface area contributed by atoms with Crippen molar-refractivity contribution in [3.8, 4) is 17.2 Å². The standard InChI is InChI=1S/C22H24FN5O2/c1-24-22(26-18-5-8-20-21(15-18)30-14-2-13-29-20)25-11-9-17-10-12-28(27-17)19-6-3-16(23)4-7-19/h3-8,10,12,15H,2,9,11,13-14H2,1H3,(H2,24,25,26). The maximum atomic E-state index is 13.1. The number of aliphatic imine (C=N–C) groups is 1. The molecule has 0 fully saturated rings. The number of hydrogen-bond donors (Lipinski definition) is 2. The summed E-state index contributed by atoms with van der Waals surface area (Å²) in [5.74, 6) is 1.89. The summed E-state index contributed by atoms with van der Waals surface area (Å²) in [6.07, 6.45) is 3.46. The Balaban J connectivity index is 1.31. The Hall–Kier alpha value is -3.55. The van der Waals surface area contributed by atoms with Crippen LogP contribution in [-0.4, -0.2) is 42.5 Å². The van der Waals surface area contributed by atoms with Crippen molar-refractivity contribution in [2.24, 2.45) is 4.99 Å². The second-order valence-corrected chi connectivity index (χ2v) is 6.81. The summed E-state index contributed by atoms with van der Waals surface area (Å²) in [6, 6.07) is 13.9. The minimum absolute atomic E-state index is 0.261. The van der Waals surface area contributed by atoms with E-state index < -0.39 is 0 Å². The molecule has 0 unspecified atom stereocenters. The molecule has 8 heteroatoms. The van der Waals surface area contributed by atoms with Gasteiger partial charge in [0.25, 0.3) is 0 Å². The van der Waals surface area contributed by atoms with Gasteiger partial charge in [-0.05, 0) is 42.5 Å². The van der Waals surface area contributed by atoms with Gasteiger partial charge in [-0.15, -0.1) is 0 Å². The highest BCUT2D eigenvalue weighted by Crippen LogP contribution is 2.32. The monoisotopic (exact) mass is 409 g/mol. The third-order valence-corrected chi connectivity index (χ3v) is 4.64. The van der Waals surface area contributed by atoms with E-state index in [1.807, 2.05) is 30.5 Å². The maximum Gasteiger partial charge on any atom is 0.195 e. The van der Waals surface area contributed by atoms with E-state index in [1.165, 1.54) is 12.1 Å². The fourth-order valence-corrected chi connectivity index (χ4v) is 3.10. The van der Waals surface area contributed by atoms with Crippen LogP contribution in [0, 0.1) is 5.82 Å². The lowest BCUT2D eigenvalue weighted by Crippen LogP contribution is -2.32. The van der Waals surface area contributed by atoms with Crippen LogP contribution in [0.15, 0.2) is 59.7 Å². The zero-order valence-electron chi connectivity index (χ0n) is 16.8. The molecule has 0 aliphatic carbocycles. The van der Waals surface area contributed by atoms with Gasteiger partial charge in [-0.3, -0.25) is 4.99 Å². The molecule has 7 nitrogen and oxygen atoms in total. The van der Waals surface area contributed by atoms with Gasteiger partial charge in [0, 0.05) is 44.4 Å². The summed E-state index contributed by atoms with van der Waals surface area (Å²) < 4.78 is 26.2. The number of hydrogen-bond acceptors (Lipinski definition) is 4. The molecule has 3 aromatic rings. The lowest BCUT2D eigenvalue weighted by molar-refractivity contribution is 0.297. The Labute approximate surface area is 174 Å².